The van der Waals surface area contributed by atoms with Gasteiger partial charge in [0, 0.05) is 4.47 Å². The Morgan fingerprint density at radius 3 is 2.75 bits per heavy atom. The van der Waals surface area contributed by atoms with Gasteiger partial charge in [-0.1, -0.05) is 15.9 Å². The summed E-state index contributed by atoms with van der Waals surface area (Å²) in [5.74, 6) is -0.0436. The molecule has 0 aliphatic rings. The van der Waals surface area contributed by atoms with Crippen LogP contribution in [0.5, 0.6) is 0 Å². The van der Waals surface area contributed by atoms with Crippen LogP contribution in [0.25, 0.3) is 11.4 Å². The second-order valence-corrected chi connectivity index (χ2v) is 4.27. The zero-order valence-corrected chi connectivity index (χ0v) is 10.3. The Kier molecular flexibility index (Phi) is 2.97. The number of aromatic amines is 1. The standard InChI is InChI=1S/C9H6BrFN4S/c10-4-1-2-5(6(11)3-4)7-13-8(12)15-9(16)14-7/h1-3H,(H3,12,13,14,15,16). The molecule has 1 heterocycles. The van der Waals surface area contributed by atoms with Crippen molar-refractivity contribution in [1.82, 2.24) is 15.0 Å². The summed E-state index contributed by atoms with van der Waals surface area (Å²) in [6, 6.07) is 4.62. The first-order valence-electron chi connectivity index (χ1n) is 4.25. The molecule has 0 amide bonds. The topological polar surface area (TPSA) is 67.6 Å². The quantitative estimate of drug-likeness (QED) is 0.795. The first kappa shape index (κ1) is 11.2. The Morgan fingerprint density at radius 2 is 2.12 bits per heavy atom. The summed E-state index contributed by atoms with van der Waals surface area (Å²) >= 11 is 7.97. The molecule has 1 aromatic carbocycles. The van der Waals surface area contributed by atoms with E-state index < -0.39 is 5.82 Å². The Bertz CT molecular complexity index is 598. The molecule has 7 heteroatoms. The number of nitrogen functional groups attached to an aromatic ring is 1. The highest BCUT2D eigenvalue weighted by atomic mass is 79.9. The molecule has 82 valence electrons. The van der Waals surface area contributed by atoms with Gasteiger partial charge >= 0.3 is 0 Å². The zero-order chi connectivity index (χ0) is 11.7. The van der Waals surface area contributed by atoms with Gasteiger partial charge in [-0.15, -0.1) is 0 Å². The van der Waals surface area contributed by atoms with Crippen molar-refractivity contribution in [2.45, 2.75) is 0 Å². The van der Waals surface area contributed by atoms with Crippen LogP contribution >= 0.6 is 28.1 Å². The molecule has 16 heavy (non-hydrogen) atoms. The number of nitrogens with one attached hydrogen (secondary N) is 1. The molecule has 2 aromatic rings. The minimum atomic E-state index is -0.418. The maximum atomic E-state index is 13.6. The van der Waals surface area contributed by atoms with Crippen LogP contribution in [-0.4, -0.2) is 15.0 Å². The fourth-order valence-corrected chi connectivity index (χ4v) is 1.73. The molecule has 0 radical (unpaired) electrons. The molecule has 0 aliphatic carbocycles. The molecule has 0 aliphatic heterocycles. The molecular formula is C9H6BrFN4S. The molecule has 1 aromatic heterocycles. The molecule has 0 bridgehead atoms. The average Bonchev–Trinajstić information content (AvgIpc) is 2.15. The minimum Gasteiger partial charge on any atom is -0.369 e. The average molecular weight is 301 g/mol. The molecule has 0 spiro atoms. The molecule has 4 nitrogen and oxygen atoms in total. The van der Waals surface area contributed by atoms with Crippen LogP contribution < -0.4 is 5.73 Å². The fraction of sp³-hybridized carbons (Fsp3) is 0. The summed E-state index contributed by atoms with van der Waals surface area (Å²) in [6.07, 6.45) is 0. The van der Waals surface area contributed by atoms with Crippen LogP contribution in [0.4, 0.5) is 10.3 Å². The zero-order valence-electron chi connectivity index (χ0n) is 7.87. The normalized spacial score (nSPS) is 10.4. The third-order valence-electron chi connectivity index (χ3n) is 1.86. The maximum absolute atomic E-state index is 13.6. The third kappa shape index (κ3) is 2.25. The summed E-state index contributed by atoms with van der Waals surface area (Å²) in [4.78, 5) is 10.3. The lowest BCUT2D eigenvalue weighted by Crippen LogP contribution is -2.00. The van der Waals surface area contributed by atoms with Crippen molar-refractivity contribution in [2.75, 3.05) is 5.73 Å². The van der Waals surface area contributed by atoms with Gasteiger partial charge in [0.05, 0.1) is 5.56 Å². The van der Waals surface area contributed by atoms with Crippen molar-refractivity contribution in [2.24, 2.45) is 0 Å². The van der Waals surface area contributed by atoms with E-state index in [1.54, 1.807) is 12.1 Å². The van der Waals surface area contributed by atoms with Crippen molar-refractivity contribution in [3.8, 4) is 11.4 Å². The van der Waals surface area contributed by atoms with Gasteiger partial charge in [0.15, 0.2) is 0 Å². The van der Waals surface area contributed by atoms with E-state index >= 15 is 0 Å². The molecule has 0 atom stereocenters. The van der Waals surface area contributed by atoms with Crippen LogP contribution in [0.1, 0.15) is 0 Å². The lowest BCUT2D eigenvalue weighted by Gasteiger charge is -2.03. The van der Waals surface area contributed by atoms with Crippen molar-refractivity contribution in [1.29, 1.82) is 0 Å². The molecule has 0 saturated carbocycles. The number of benzene rings is 1. The summed E-state index contributed by atoms with van der Waals surface area (Å²) in [7, 11) is 0. The van der Waals surface area contributed by atoms with E-state index in [1.807, 2.05) is 0 Å². The van der Waals surface area contributed by atoms with Gasteiger partial charge in [0.1, 0.15) is 11.6 Å². The molecular weight excluding hydrogens is 295 g/mol. The molecule has 2 rings (SSSR count). The van der Waals surface area contributed by atoms with Crippen LogP contribution in [0.2, 0.25) is 0 Å². The highest BCUT2D eigenvalue weighted by Gasteiger charge is 2.08. The van der Waals surface area contributed by atoms with Gasteiger partial charge in [-0.25, -0.2) is 9.37 Å². The predicted molar refractivity (Wildman–Crippen MR) is 64.7 cm³/mol. The second kappa shape index (κ2) is 4.26. The first-order chi connectivity index (χ1) is 7.56. The Labute approximate surface area is 104 Å². The Balaban J connectivity index is 2.63. The van der Waals surface area contributed by atoms with E-state index in [-0.39, 0.29) is 16.5 Å². The highest BCUT2D eigenvalue weighted by molar-refractivity contribution is 9.10. The smallest absolute Gasteiger partial charge is 0.224 e. The highest BCUT2D eigenvalue weighted by Crippen LogP contribution is 2.22. The number of nitrogens with two attached hydrogens (primary N) is 1. The largest absolute Gasteiger partial charge is 0.369 e. The van der Waals surface area contributed by atoms with Gasteiger partial charge in [0.25, 0.3) is 0 Å². The Morgan fingerprint density at radius 1 is 1.38 bits per heavy atom. The van der Waals surface area contributed by atoms with E-state index in [9.17, 15) is 4.39 Å². The van der Waals surface area contributed by atoms with E-state index in [0.29, 0.717) is 10.0 Å². The SMILES string of the molecule is Nc1nc(=S)nc(-c2ccc(Br)cc2F)[nH]1. The van der Waals surface area contributed by atoms with Crippen LogP contribution in [0.15, 0.2) is 22.7 Å². The molecule has 0 saturated heterocycles. The number of hydrogen-bond donors (Lipinski definition) is 2. The van der Waals surface area contributed by atoms with Gasteiger partial charge in [0.2, 0.25) is 10.7 Å². The summed E-state index contributed by atoms with van der Waals surface area (Å²) in [5.41, 5.74) is 5.77. The number of anilines is 1. The van der Waals surface area contributed by atoms with Gasteiger partial charge in [-0.2, -0.15) is 4.98 Å². The Hall–Kier alpha value is -1.34. The minimum absolute atomic E-state index is 0.0774. The van der Waals surface area contributed by atoms with Crippen molar-refractivity contribution in [3.63, 3.8) is 0 Å². The van der Waals surface area contributed by atoms with Gasteiger partial charge < -0.3 is 10.7 Å². The number of nitrogens with zero attached hydrogens (tertiary/aromatic N) is 2. The van der Waals surface area contributed by atoms with Crippen LogP contribution in [0.3, 0.4) is 0 Å². The van der Waals surface area contributed by atoms with Crippen molar-refractivity contribution < 1.29 is 4.39 Å². The van der Waals surface area contributed by atoms with E-state index in [4.69, 9.17) is 18.0 Å². The lowest BCUT2D eigenvalue weighted by molar-refractivity contribution is 0.629. The number of aromatic nitrogens is 3. The van der Waals surface area contributed by atoms with Crippen molar-refractivity contribution >= 4 is 34.1 Å². The van der Waals surface area contributed by atoms with Gasteiger partial charge in [-0.05, 0) is 30.4 Å². The fourth-order valence-electron chi connectivity index (χ4n) is 1.21. The number of rotatable bonds is 1. The summed E-state index contributed by atoms with van der Waals surface area (Å²) in [6.45, 7) is 0. The summed E-state index contributed by atoms with van der Waals surface area (Å²) in [5, 5.41) is 0. The van der Waals surface area contributed by atoms with Crippen LogP contribution in [-0.2, 0) is 0 Å². The van der Waals surface area contributed by atoms with Crippen molar-refractivity contribution in [3.05, 3.63) is 33.3 Å². The predicted octanol–water partition coefficient (Wildman–Crippen LogP) is 2.68. The molecule has 0 unspecified atom stereocenters. The lowest BCUT2D eigenvalue weighted by atomic mass is 10.2. The monoisotopic (exact) mass is 300 g/mol. The van der Waals surface area contributed by atoms with Crippen LogP contribution in [0, 0.1) is 10.6 Å². The molecule has 0 fully saturated rings. The number of halogens is 2. The van der Waals surface area contributed by atoms with E-state index in [1.165, 1.54) is 6.07 Å². The number of hydrogen-bond acceptors (Lipinski definition) is 4. The third-order valence-corrected chi connectivity index (χ3v) is 2.53. The summed E-state index contributed by atoms with van der Waals surface area (Å²) < 4.78 is 14.3. The first-order valence-corrected chi connectivity index (χ1v) is 5.45. The second-order valence-electron chi connectivity index (χ2n) is 2.99. The van der Waals surface area contributed by atoms with E-state index in [2.05, 4.69) is 30.9 Å². The molecule has 3 N–H and O–H groups in total. The van der Waals surface area contributed by atoms with Gasteiger partial charge in [-0.3, -0.25) is 0 Å². The van der Waals surface area contributed by atoms with E-state index in [0.717, 1.165) is 0 Å². The number of H-pyrrole nitrogens is 1. The maximum Gasteiger partial charge on any atom is 0.224 e.